The zero-order chi connectivity index (χ0) is 24.4. The number of nitrogens with one attached hydrogen (secondary N) is 1. The molecule has 2 saturated heterocycles. The van der Waals surface area contributed by atoms with E-state index in [0.29, 0.717) is 16.5 Å². The number of fused-ring (bicyclic) bond motifs is 1. The molecule has 35 heavy (non-hydrogen) atoms. The summed E-state index contributed by atoms with van der Waals surface area (Å²) >= 11 is 6.86. The highest BCUT2D eigenvalue weighted by molar-refractivity contribution is 8.18. The largest absolute Gasteiger partial charge is 0.376 e. The lowest BCUT2D eigenvalue weighted by molar-refractivity contribution is -0.123. The van der Waals surface area contributed by atoms with Crippen molar-refractivity contribution in [1.82, 2.24) is 14.8 Å². The molecule has 0 aliphatic carbocycles. The average molecular weight is 510 g/mol. The minimum Gasteiger partial charge on any atom is -0.376 e. The van der Waals surface area contributed by atoms with Gasteiger partial charge >= 0.3 is 0 Å². The van der Waals surface area contributed by atoms with E-state index < -0.39 is 0 Å². The van der Waals surface area contributed by atoms with E-state index >= 15 is 0 Å². The van der Waals surface area contributed by atoms with Crippen LogP contribution in [-0.2, 0) is 27.4 Å². The Labute approximate surface area is 212 Å². The number of rotatable bonds is 7. The van der Waals surface area contributed by atoms with Gasteiger partial charge in [0.05, 0.1) is 17.6 Å². The van der Waals surface area contributed by atoms with Crippen molar-refractivity contribution >= 4 is 57.4 Å². The third-order valence-electron chi connectivity index (χ3n) is 6.10. The first-order valence-corrected chi connectivity index (χ1v) is 12.6. The van der Waals surface area contributed by atoms with Crippen LogP contribution >= 0.6 is 23.4 Å². The highest BCUT2D eigenvalue weighted by Crippen LogP contribution is 2.35. The molecule has 2 aromatic carbocycles. The smallest absolute Gasteiger partial charge is 0.293 e. The number of ether oxygens (including phenoxy) is 1. The monoisotopic (exact) mass is 509 g/mol. The van der Waals surface area contributed by atoms with Crippen molar-refractivity contribution in [3.05, 3.63) is 75.8 Å². The van der Waals surface area contributed by atoms with Crippen molar-refractivity contribution in [2.24, 2.45) is 0 Å². The van der Waals surface area contributed by atoms with Crippen molar-refractivity contribution in [2.75, 3.05) is 13.2 Å². The van der Waals surface area contributed by atoms with Gasteiger partial charge in [0.25, 0.3) is 11.1 Å². The van der Waals surface area contributed by atoms with Gasteiger partial charge in [-0.1, -0.05) is 41.9 Å². The number of halogens is 1. The summed E-state index contributed by atoms with van der Waals surface area (Å²) in [6.07, 6.45) is 5.65. The van der Waals surface area contributed by atoms with Gasteiger partial charge in [0.15, 0.2) is 0 Å². The molecule has 0 spiro atoms. The summed E-state index contributed by atoms with van der Waals surface area (Å²) < 4.78 is 7.44. The van der Waals surface area contributed by atoms with Crippen LogP contribution in [0, 0.1) is 0 Å². The first kappa shape index (κ1) is 23.7. The Kier molecular flexibility index (Phi) is 6.95. The second-order valence-corrected chi connectivity index (χ2v) is 9.99. The van der Waals surface area contributed by atoms with Crippen LogP contribution in [0.2, 0.25) is 5.02 Å². The number of imide groups is 1. The van der Waals surface area contributed by atoms with Crippen LogP contribution in [0.15, 0.2) is 59.6 Å². The maximum Gasteiger partial charge on any atom is 0.293 e. The maximum absolute atomic E-state index is 13.0. The van der Waals surface area contributed by atoms with Gasteiger partial charge in [0.1, 0.15) is 6.54 Å². The lowest BCUT2D eigenvalue weighted by atomic mass is 10.1. The van der Waals surface area contributed by atoms with E-state index in [1.165, 1.54) is 4.90 Å². The Balaban J connectivity index is 1.34. The predicted molar refractivity (Wildman–Crippen MR) is 137 cm³/mol. The normalized spacial score (nSPS) is 19.3. The molecule has 2 fully saturated rings. The summed E-state index contributed by atoms with van der Waals surface area (Å²) in [5.41, 5.74) is 2.49. The fraction of sp³-hybridized carbons (Fsp3) is 0.269. The Bertz CT molecular complexity index is 1310. The molecule has 2 aliphatic heterocycles. The van der Waals surface area contributed by atoms with Crippen LogP contribution in [0.3, 0.4) is 0 Å². The zero-order valence-electron chi connectivity index (χ0n) is 18.9. The van der Waals surface area contributed by atoms with Crippen LogP contribution in [0.4, 0.5) is 4.79 Å². The average Bonchev–Trinajstić information content (AvgIpc) is 3.56. The molecule has 3 amide bonds. The number of thioether (sulfide) groups is 1. The third-order valence-corrected chi connectivity index (χ3v) is 7.26. The fourth-order valence-corrected chi connectivity index (χ4v) is 5.27. The topological polar surface area (TPSA) is 80.6 Å². The quantitative estimate of drug-likeness (QED) is 0.461. The summed E-state index contributed by atoms with van der Waals surface area (Å²) in [5.74, 6) is -0.433. The fourth-order valence-electron chi connectivity index (χ4n) is 4.31. The van der Waals surface area contributed by atoms with Crippen molar-refractivity contribution in [1.29, 1.82) is 0 Å². The van der Waals surface area contributed by atoms with Gasteiger partial charge in [0, 0.05) is 40.8 Å². The number of carbonyl (C=O) groups is 3. The second-order valence-electron chi connectivity index (χ2n) is 8.56. The number of carbonyl (C=O) groups excluding carboxylic acids is 3. The zero-order valence-corrected chi connectivity index (χ0v) is 20.5. The van der Waals surface area contributed by atoms with E-state index in [1.54, 1.807) is 30.3 Å². The van der Waals surface area contributed by atoms with E-state index in [4.69, 9.17) is 16.3 Å². The lowest BCUT2D eigenvalue weighted by Gasteiger charge is -2.12. The van der Waals surface area contributed by atoms with Crippen LogP contribution < -0.4 is 5.32 Å². The number of para-hydroxylation sites is 1. The molecule has 0 unspecified atom stereocenters. The number of hydrogen-bond acceptors (Lipinski definition) is 5. The Morgan fingerprint density at radius 2 is 1.97 bits per heavy atom. The molecular formula is C26H24ClN3O4S. The van der Waals surface area contributed by atoms with Crippen molar-refractivity contribution < 1.29 is 19.1 Å². The van der Waals surface area contributed by atoms with Gasteiger partial charge in [0.2, 0.25) is 5.91 Å². The summed E-state index contributed by atoms with van der Waals surface area (Å²) in [7, 11) is 0. The lowest BCUT2D eigenvalue weighted by Crippen LogP contribution is -2.34. The molecule has 0 saturated carbocycles. The summed E-state index contributed by atoms with van der Waals surface area (Å²) in [6, 6.07) is 14.8. The van der Waals surface area contributed by atoms with Crippen LogP contribution in [0.1, 0.15) is 24.0 Å². The van der Waals surface area contributed by atoms with E-state index in [1.807, 2.05) is 35.0 Å². The van der Waals surface area contributed by atoms with E-state index in [9.17, 15) is 14.4 Å². The Morgan fingerprint density at radius 1 is 1.17 bits per heavy atom. The molecule has 0 radical (unpaired) electrons. The van der Waals surface area contributed by atoms with Crippen LogP contribution in [0.25, 0.3) is 17.0 Å². The number of aromatic nitrogens is 1. The minimum absolute atomic E-state index is 0.0828. The first-order valence-electron chi connectivity index (χ1n) is 11.4. The summed E-state index contributed by atoms with van der Waals surface area (Å²) in [5, 5.41) is 4.14. The molecule has 1 atom stereocenters. The SMILES string of the molecule is O=C(Cn1cc(/C=C2\SC(=O)N(Cc3ccc(Cl)cc3)C2=O)c2ccccc21)NC[C@H]1CCCO1. The number of amides is 3. The molecule has 1 N–H and O–H groups in total. The van der Waals surface area contributed by atoms with Gasteiger partial charge in [-0.2, -0.15) is 0 Å². The standard InChI is InChI=1S/C26H24ClN3O4S/c27-19-9-7-17(8-10-19)14-30-25(32)23(35-26(30)33)12-18-15-29(22-6-2-1-5-21(18)22)16-24(31)28-13-20-4-3-11-34-20/h1-2,5-10,12,15,20H,3-4,11,13-14,16H2,(H,28,31)/b23-12-/t20-/m1/s1. The molecule has 0 bridgehead atoms. The summed E-state index contributed by atoms with van der Waals surface area (Å²) in [6.45, 7) is 1.59. The highest BCUT2D eigenvalue weighted by Gasteiger charge is 2.35. The Morgan fingerprint density at radius 3 is 2.74 bits per heavy atom. The van der Waals surface area contributed by atoms with Crippen molar-refractivity contribution in [3.8, 4) is 0 Å². The van der Waals surface area contributed by atoms with Gasteiger partial charge in [-0.3, -0.25) is 19.3 Å². The predicted octanol–water partition coefficient (Wildman–Crippen LogP) is 4.83. The number of nitrogens with zero attached hydrogens (tertiary/aromatic N) is 2. The van der Waals surface area contributed by atoms with Gasteiger partial charge in [-0.15, -0.1) is 0 Å². The summed E-state index contributed by atoms with van der Waals surface area (Å²) in [4.78, 5) is 39.8. The molecular weight excluding hydrogens is 486 g/mol. The van der Waals surface area contributed by atoms with E-state index in [0.717, 1.165) is 53.2 Å². The second kappa shape index (κ2) is 10.3. The number of benzene rings is 2. The number of hydrogen-bond donors (Lipinski definition) is 1. The molecule has 5 rings (SSSR count). The maximum atomic E-state index is 13.0. The van der Waals surface area contributed by atoms with Crippen molar-refractivity contribution in [2.45, 2.75) is 32.0 Å². The molecule has 9 heteroatoms. The van der Waals surface area contributed by atoms with Gasteiger partial charge < -0.3 is 14.6 Å². The van der Waals surface area contributed by atoms with E-state index in [-0.39, 0.29) is 36.2 Å². The highest BCUT2D eigenvalue weighted by atomic mass is 35.5. The molecule has 3 aromatic rings. The van der Waals surface area contributed by atoms with Crippen LogP contribution in [-0.4, -0.2) is 45.8 Å². The van der Waals surface area contributed by atoms with Gasteiger partial charge in [-0.05, 0) is 54.4 Å². The minimum atomic E-state index is -0.332. The molecule has 7 nitrogen and oxygen atoms in total. The van der Waals surface area contributed by atoms with Gasteiger partial charge in [-0.25, -0.2) is 0 Å². The molecule has 1 aromatic heterocycles. The van der Waals surface area contributed by atoms with E-state index in [2.05, 4.69) is 5.32 Å². The third kappa shape index (κ3) is 5.29. The molecule has 2 aliphatic rings. The van der Waals surface area contributed by atoms with Crippen molar-refractivity contribution in [3.63, 3.8) is 0 Å². The first-order chi connectivity index (χ1) is 17.0. The van der Waals surface area contributed by atoms with Crippen LogP contribution in [0.5, 0.6) is 0 Å². The molecule has 180 valence electrons. The molecule has 3 heterocycles. The Hall–Kier alpha value is -3.07.